The van der Waals surface area contributed by atoms with Gasteiger partial charge in [0.15, 0.2) is 11.5 Å². The minimum absolute atomic E-state index is 0.289. The quantitative estimate of drug-likeness (QED) is 0.915. The number of fused-ring (bicyclic) bond motifs is 1. The van der Waals surface area contributed by atoms with Crippen LogP contribution in [0.1, 0.15) is 24.4 Å². The molecular formula is C16H22N2O3. The van der Waals surface area contributed by atoms with Gasteiger partial charge in [-0.05, 0) is 36.5 Å². The summed E-state index contributed by atoms with van der Waals surface area (Å²) in [6, 6.07) is 4.77. The van der Waals surface area contributed by atoms with Crippen LogP contribution in [-0.2, 0) is 0 Å². The first-order valence-electron chi connectivity index (χ1n) is 7.79. The van der Waals surface area contributed by atoms with E-state index in [0.717, 1.165) is 49.3 Å². The highest BCUT2D eigenvalue weighted by molar-refractivity contribution is 5.55. The van der Waals surface area contributed by atoms with Gasteiger partial charge >= 0.3 is 0 Å². The molecule has 1 saturated carbocycles. The topological polar surface area (TPSA) is 43.0 Å². The van der Waals surface area contributed by atoms with Crippen molar-refractivity contribution in [2.45, 2.75) is 18.9 Å². The predicted octanol–water partition coefficient (Wildman–Crippen LogP) is 1.78. The van der Waals surface area contributed by atoms with E-state index in [0.29, 0.717) is 6.04 Å². The highest BCUT2D eigenvalue weighted by atomic mass is 16.7. The molecule has 0 amide bonds. The predicted molar refractivity (Wildman–Crippen MR) is 79.0 cm³/mol. The zero-order valence-corrected chi connectivity index (χ0v) is 12.4. The van der Waals surface area contributed by atoms with Crippen LogP contribution in [0.25, 0.3) is 0 Å². The Bertz CT molecular complexity index is 524. The fourth-order valence-electron chi connectivity index (χ4n) is 3.47. The fourth-order valence-corrected chi connectivity index (χ4v) is 3.47. The average molecular weight is 290 g/mol. The van der Waals surface area contributed by atoms with Crippen molar-refractivity contribution >= 4 is 0 Å². The van der Waals surface area contributed by atoms with Crippen LogP contribution in [0.5, 0.6) is 17.2 Å². The lowest BCUT2D eigenvalue weighted by molar-refractivity contribution is 0.155. The van der Waals surface area contributed by atoms with Crippen molar-refractivity contribution in [1.29, 1.82) is 0 Å². The summed E-state index contributed by atoms with van der Waals surface area (Å²) in [4.78, 5) is 2.60. The number of hydrogen-bond donors (Lipinski definition) is 1. The van der Waals surface area contributed by atoms with E-state index in [-0.39, 0.29) is 6.79 Å². The van der Waals surface area contributed by atoms with Crippen molar-refractivity contribution in [2.24, 2.45) is 5.92 Å². The number of benzene rings is 1. The molecule has 4 rings (SSSR count). The van der Waals surface area contributed by atoms with E-state index in [4.69, 9.17) is 14.2 Å². The van der Waals surface area contributed by atoms with Crippen molar-refractivity contribution in [1.82, 2.24) is 10.2 Å². The first-order chi connectivity index (χ1) is 10.4. The molecule has 2 aliphatic heterocycles. The minimum atomic E-state index is 0.289. The van der Waals surface area contributed by atoms with E-state index in [1.807, 2.05) is 0 Å². The van der Waals surface area contributed by atoms with E-state index >= 15 is 0 Å². The Morgan fingerprint density at radius 2 is 2.05 bits per heavy atom. The second-order valence-corrected chi connectivity index (χ2v) is 6.03. The Morgan fingerprint density at radius 1 is 1.24 bits per heavy atom. The molecule has 5 heteroatoms. The van der Waals surface area contributed by atoms with Crippen LogP contribution in [0.3, 0.4) is 0 Å². The summed E-state index contributed by atoms with van der Waals surface area (Å²) in [5, 5.41) is 3.43. The minimum Gasteiger partial charge on any atom is -0.493 e. The number of methoxy groups -OCH3 is 1. The van der Waals surface area contributed by atoms with E-state index in [9.17, 15) is 0 Å². The lowest BCUT2D eigenvalue weighted by Crippen LogP contribution is -2.45. The molecule has 1 aromatic carbocycles. The molecule has 2 fully saturated rings. The van der Waals surface area contributed by atoms with Gasteiger partial charge in [-0.15, -0.1) is 0 Å². The summed E-state index contributed by atoms with van der Waals surface area (Å²) >= 11 is 0. The third-order valence-corrected chi connectivity index (χ3v) is 4.64. The van der Waals surface area contributed by atoms with E-state index in [1.54, 1.807) is 7.11 Å². The Balaban J connectivity index is 1.69. The molecule has 21 heavy (non-hydrogen) atoms. The van der Waals surface area contributed by atoms with Crippen LogP contribution in [0, 0.1) is 5.92 Å². The molecule has 1 N–H and O–H groups in total. The summed E-state index contributed by atoms with van der Waals surface area (Å²) in [5.74, 6) is 3.13. The normalized spacial score (nSPS) is 23.1. The molecule has 2 heterocycles. The molecule has 0 spiro atoms. The van der Waals surface area contributed by atoms with Crippen LogP contribution < -0.4 is 19.5 Å². The van der Waals surface area contributed by atoms with E-state index in [2.05, 4.69) is 22.3 Å². The maximum absolute atomic E-state index is 5.59. The lowest BCUT2D eigenvalue weighted by atomic mass is 9.98. The number of rotatable bonds is 4. The number of piperazine rings is 1. The first kappa shape index (κ1) is 13.2. The number of hydrogen-bond acceptors (Lipinski definition) is 5. The van der Waals surface area contributed by atoms with Gasteiger partial charge in [-0.25, -0.2) is 0 Å². The largest absolute Gasteiger partial charge is 0.493 e. The SMILES string of the molecule is COc1cc([C@H](C2CC2)N2CCNCC2)cc2c1OCO2. The third-order valence-electron chi connectivity index (χ3n) is 4.64. The molecule has 0 radical (unpaired) electrons. The van der Waals surface area contributed by atoms with Crippen LogP contribution >= 0.6 is 0 Å². The van der Waals surface area contributed by atoms with Crippen molar-refractivity contribution in [3.8, 4) is 17.2 Å². The van der Waals surface area contributed by atoms with Crippen molar-refractivity contribution in [3.05, 3.63) is 17.7 Å². The number of nitrogens with zero attached hydrogens (tertiary/aromatic N) is 1. The van der Waals surface area contributed by atoms with Crippen molar-refractivity contribution in [2.75, 3.05) is 40.1 Å². The second kappa shape index (κ2) is 5.39. The molecule has 3 aliphatic rings. The second-order valence-electron chi connectivity index (χ2n) is 6.03. The van der Waals surface area contributed by atoms with Crippen molar-refractivity contribution in [3.63, 3.8) is 0 Å². The molecule has 114 valence electrons. The molecule has 0 bridgehead atoms. The summed E-state index contributed by atoms with van der Waals surface area (Å²) in [6.07, 6.45) is 2.65. The van der Waals surface area contributed by atoms with Crippen LogP contribution in [0.2, 0.25) is 0 Å². The Morgan fingerprint density at radius 3 is 2.76 bits per heavy atom. The van der Waals surface area contributed by atoms with Gasteiger partial charge in [0.05, 0.1) is 7.11 Å². The summed E-state index contributed by atoms with van der Waals surface area (Å²) < 4.78 is 16.6. The molecule has 1 atom stereocenters. The highest BCUT2D eigenvalue weighted by Gasteiger charge is 2.38. The molecule has 1 aromatic rings. The molecular weight excluding hydrogens is 268 g/mol. The molecule has 1 saturated heterocycles. The first-order valence-corrected chi connectivity index (χ1v) is 7.79. The van der Waals surface area contributed by atoms with Gasteiger partial charge in [-0.2, -0.15) is 0 Å². The summed E-state index contributed by atoms with van der Waals surface area (Å²) in [7, 11) is 1.69. The molecule has 5 nitrogen and oxygen atoms in total. The Labute approximate surface area is 125 Å². The maximum atomic E-state index is 5.59. The molecule has 1 aliphatic carbocycles. The van der Waals surface area contributed by atoms with Crippen LogP contribution in [0.4, 0.5) is 0 Å². The average Bonchev–Trinajstić information content (AvgIpc) is 3.24. The fraction of sp³-hybridized carbons (Fsp3) is 0.625. The van der Waals surface area contributed by atoms with Gasteiger partial charge in [-0.3, -0.25) is 4.90 Å². The third kappa shape index (κ3) is 2.45. The summed E-state index contributed by atoms with van der Waals surface area (Å²) in [6.45, 7) is 4.66. The zero-order chi connectivity index (χ0) is 14.2. The lowest BCUT2D eigenvalue weighted by Gasteiger charge is -2.35. The van der Waals surface area contributed by atoms with Gasteiger partial charge in [0.25, 0.3) is 0 Å². The molecule has 0 unspecified atom stereocenters. The van der Waals surface area contributed by atoms with Gasteiger partial charge in [-0.1, -0.05) is 0 Å². The van der Waals surface area contributed by atoms with E-state index in [1.165, 1.54) is 18.4 Å². The number of ether oxygens (including phenoxy) is 3. The monoisotopic (exact) mass is 290 g/mol. The zero-order valence-electron chi connectivity index (χ0n) is 12.4. The maximum Gasteiger partial charge on any atom is 0.231 e. The highest BCUT2D eigenvalue weighted by Crippen LogP contribution is 2.49. The number of nitrogens with one attached hydrogen (secondary N) is 1. The van der Waals surface area contributed by atoms with Crippen LogP contribution in [-0.4, -0.2) is 45.0 Å². The Kier molecular flexibility index (Phi) is 3.39. The standard InChI is InChI=1S/C16H22N2O3/c1-19-13-8-12(9-14-16(13)21-10-20-14)15(11-2-3-11)18-6-4-17-5-7-18/h8-9,11,15,17H,2-7,10H2,1H3/t15-/m0/s1. The van der Waals surface area contributed by atoms with Gasteiger partial charge < -0.3 is 19.5 Å². The van der Waals surface area contributed by atoms with Gasteiger partial charge in [0.2, 0.25) is 12.5 Å². The van der Waals surface area contributed by atoms with Crippen molar-refractivity contribution < 1.29 is 14.2 Å². The smallest absolute Gasteiger partial charge is 0.231 e. The van der Waals surface area contributed by atoms with Gasteiger partial charge in [0.1, 0.15) is 0 Å². The summed E-state index contributed by atoms with van der Waals surface area (Å²) in [5.41, 5.74) is 1.31. The Hall–Kier alpha value is -1.46. The van der Waals surface area contributed by atoms with Crippen LogP contribution in [0.15, 0.2) is 12.1 Å². The van der Waals surface area contributed by atoms with E-state index < -0.39 is 0 Å². The van der Waals surface area contributed by atoms with Gasteiger partial charge in [0, 0.05) is 32.2 Å². The molecule has 0 aromatic heterocycles.